The van der Waals surface area contributed by atoms with E-state index < -0.39 is 12.6 Å². The van der Waals surface area contributed by atoms with E-state index in [-0.39, 0.29) is 18.9 Å². The van der Waals surface area contributed by atoms with Crippen molar-refractivity contribution < 1.29 is 18.0 Å². The molecule has 2 N–H and O–H groups in total. The number of anilines is 1. The van der Waals surface area contributed by atoms with Crippen LogP contribution < -0.4 is 10.6 Å². The summed E-state index contributed by atoms with van der Waals surface area (Å²) < 4.78 is 35.8. The first-order valence-corrected chi connectivity index (χ1v) is 6.67. The molecule has 0 atom stereocenters. The van der Waals surface area contributed by atoms with Crippen LogP contribution in [0.25, 0.3) is 0 Å². The second kappa shape index (κ2) is 6.15. The van der Waals surface area contributed by atoms with Gasteiger partial charge in [0.25, 0.3) is 5.91 Å². The Kier molecular flexibility index (Phi) is 4.52. The molecule has 0 aliphatic carbocycles. The van der Waals surface area contributed by atoms with Crippen LogP contribution in [0.2, 0.25) is 0 Å². The smallest absolute Gasteiger partial charge is 0.384 e. The highest BCUT2D eigenvalue weighted by Gasteiger charge is 2.25. The third-order valence-corrected chi connectivity index (χ3v) is 3.25. The van der Waals surface area contributed by atoms with Crippen molar-refractivity contribution in [2.75, 3.05) is 18.4 Å². The fraction of sp³-hybridized carbons (Fsp3) is 0.500. The van der Waals surface area contributed by atoms with Crippen LogP contribution >= 0.6 is 0 Å². The summed E-state index contributed by atoms with van der Waals surface area (Å²) in [6, 6.07) is 5.42. The number of halogens is 3. The Morgan fingerprint density at radius 2 is 2.10 bits per heavy atom. The van der Waals surface area contributed by atoms with E-state index in [1.807, 2.05) is 12.1 Å². The van der Waals surface area contributed by atoms with E-state index in [0.29, 0.717) is 12.0 Å². The van der Waals surface area contributed by atoms with E-state index in [0.717, 1.165) is 24.2 Å². The summed E-state index contributed by atoms with van der Waals surface area (Å²) in [4.78, 5) is 11.9. The molecule has 1 aliphatic heterocycles. The van der Waals surface area contributed by atoms with Crippen LogP contribution in [-0.4, -0.2) is 25.2 Å². The van der Waals surface area contributed by atoms with Gasteiger partial charge in [0.15, 0.2) is 0 Å². The maximum absolute atomic E-state index is 11.9. The molecule has 0 unspecified atom stereocenters. The van der Waals surface area contributed by atoms with Gasteiger partial charge in [0.1, 0.15) is 0 Å². The molecule has 0 fully saturated rings. The highest BCUT2D eigenvalue weighted by molar-refractivity contribution is 5.95. The van der Waals surface area contributed by atoms with Crippen molar-refractivity contribution in [3.8, 4) is 0 Å². The number of fused-ring (bicyclic) bond motifs is 1. The third-order valence-electron chi connectivity index (χ3n) is 3.25. The number of rotatable bonds is 5. The number of hydrogen-bond acceptors (Lipinski definition) is 2. The Labute approximate surface area is 115 Å². The number of hydrogen-bond donors (Lipinski definition) is 2. The lowest BCUT2D eigenvalue weighted by atomic mass is 10.1. The van der Waals surface area contributed by atoms with E-state index >= 15 is 0 Å². The van der Waals surface area contributed by atoms with Crippen LogP contribution in [0.5, 0.6) is 0 Å². The molecule has 0 radical (unpaired) electrons. The number of unbranched alkanes of at least 4 members (excludes halogenated alkanes) is 1. The van der Waals surface area contributed by atoms with Gasteiger partial charge in [-0.2, -0.15) is 13.2 Å². The lowest BCUT2D eigenvalue weighted by Crippen LogP contribution is -2.24. The largest absolute Gasteiger partial charge is 0.389 e. The van der Waals surface area contributed by atoms with E-state index in [1.165, 1.54) is 0 Å². The van der Waals surface area contributed by atoms with E-state index in [9.17, 15) is 18.0 Å². The first-order valence-electron chi connectivity index (χ1n) is 6.67. The van der Waals surface area contributed by atoms with Crippen molar-refractivity contribution in [2.45, 2.75) is 31.9 Å². The number of benzene rings is 1. The Hall–Kier alpha value is -1.72. The highest BCUT2D eigenvalue weighted by atomic mass is 19.4. The van der Waals surface area contributed by atoms with Crippen molar-refractivity contribution in [1.29, 1.82) is 0 Å². The molecule has 0 spiro atoms. The molecule has 6 heteroatoms. The molecule has 1 heterocycles. The lowest BCUT2D eigenvalue weighted by Gasteiger charge is -2.08. The van der Waals surface area contributed by atoms with Crippen LogP contribution in [0.4, 0.5) is 18.9 Å². The SMILES string of the molecule is O=C(NCCCCC(F)(F)F)c1ccc2c(c1)CCN2. The van der Waals surface area contributed by atoms with Gasteiger partial charge in [-0.25, -0.2) is 0 Å². The zero-order valence-electron chi connectivity index (χ0n) is 11.0. The number of carbonyl (C=O) groups is 1. The van der Waals surface area contributed by atoms with Gasteiger partial charge in [-0.15, -0.1) is 0 Å². The van der Waals surface area contributed by atoms with Crippen molar-refractivity contribution in [3.05, 3.63) is 29.3 Å². The molecule has 0 bridgehead atoms. The maximum Gasteiger partial charge on any atom is 0.389 e. The monoisotopic (exact) mass is 286 g/mol. The zero-order valence-corrected chi connectivity index (χ0v) is 11.0. The Bertz CT molecular complexity index is 486. The predicted octanol–water partition coefficient (Wildman–Crippen LogP) is 3.12. The molecule has 20 heavy (non-hydrogen) atoms. The molecular weight excluding hydrogens is 269 g/mol. The molecule has 110 valence electrons. The summed E-state index contributed by atoms with van der Waals surface area (Å²) in [5.74, 6) is -0.230. The average molecular weight is 286 g/mol. The van der Waals surface area contributed by atoms with Gasteiger partial charge in [-0.1, -0.05) is 0 Å². The summed E-state index contributed by atoms with van der Waals surface area (Å²) in [5, 5.41) is 5.85. The normalized spacial score (nSPS) is 13.8. The number of nitrogens with one attached hydrogen (secondary N) is 2. The minimum Gasteiger partial charge on any atom is -0.384 e. The molecule has 1 aliphatic rings. The summed E-state index contributed by atoms with van der Waals surface area (Å²) >= 11 is 0. The van der Waals surface area contributed by atoms with E-state index in [1.54, 1.807) is 6.07 Å². The number of carbonyl (C=O) groups excluding carboxylic acids is 1. The van der Waals surface area contributed by atoms with Crippen molar-refractivity contribution in [2.24, 2.45) is 0 Å². The summed E-state index contributed by atoms with van der Waals surface area (Å²) in [6.45, 7) is 1.14. The van der Waals surface area contributed by atoms with Gasteiger partial charge in [0, 0.05) is 30.8 Å². The summed E-state index contributed by atoms with van der Waals surface area (Å²) in [7, 11) is 0. The molecule has 0 saturated carbocycles. The van der Waals surface area contributed by atoms with Crippen LogP contribution in [0.15, 0.2) is 18.2 Å². The maximum atomic E-state index is 11.9. The van der Waals surface area contributed by atoms with Gasteiger partial charge in [-0.3, -0.25) is 4.79 Å². The molecule has 2 rings (SSSR count). The molecule has 1 aromatic rings. The Balaban J connectivity index is 1.75. The molecule has 0 aromatic heterocycles. The minimum atomic E-state index is -4.11. The first kappa shape index (κ1) is 14.7. The van der Waals surface area contributed by atoms with E-state index in [4.69, 9.17) is 0 Å². The van der Waals surface area contributed by atoms with Crippen LogP contribution in [0.3, 0.4) is 0 Å². The molecule has 0 saturated heterocycles. The molecule has 1 aromatic carbocycles. The van der Waals surface area contributed by atoms with Crippen LogP contribution in [-0.2, 0) is 6.42 Å². The topological polar surface area (TPSA) is 41.1 Å². The number of alkyl halides is 3. The number of amides is 1. The minimum absolute atomic E-state index is 0.0396. The van der Waals surface area contributed by atoms with Crippen molar-refractivity contribution >= 4 is 11.6 Å². The second-order valence-corrected chi connectivity index (χ2v) is 4.88. The summed E-state index contributed by atoms with van der Waals surface area (Å²) in [6.07, 6.45) is -3.65. The zero-order chi connectivity index (χ0) is 14.6. The van der Waals surface area contributed by atoms with E-state index in [2.05, 4.69) is 10.6 Å². The van der Waals surface area contributed by atoms with Gasteiger partial charge in [-0.05, 0) is 43.0 Å². The molecule has 3 nitrogen and oxygen atoms in total. The fourth-order valence-corrected chi connectivity index (χ4v) is 2.20. The second-order valence-electron chi connectivity index (χ2n) is 4.88. The molecule has 1 amide bonds. The van der Waals surface area contributed by atoms with Gasteiger partial charge >= 0.3 is 6.18 Å². The standard InChI is InChI=1S/C14H17F3N2O/c15-14(16,17)6-1-2-7-19-13(20)11-3-4-12-10(9-11)5-8-18-12/h3-4,9,18H,1-2,5-8H2,(H,19,20). The predicted molar refractivity (Wildman–Crippen MR) is 70.9 cm³/mol. The quantitative estimate of drug-likeness (QED) is 0.817. The highest BCUT2D eigenvalue weighted by Crippen LogP contribution is 2.23. The van der Waals surface area contributed by atoms with Crippen molar-refractivity contribution in [1.82, 2.24) is 5.32 Å². The van der Waals surface area contributed by atoms with Gasteiger partial charge < -0.3 is 10.6 Å². The fourth-order valence-electron chi connectivity index (χ4n) is 2.20. The summed E-state index contributed by atoms with van der Waals surface area (Å²) in [5.41, 5.74) is 2.71. The van der Waals surface area contributed by atoms with Crippen LogP contribution in [0.1, 0.15) is 35.2 Å². The first-order chi connectivity index (χ1) is 9.46. The lowest BCUT2D eigenvalue weighted by molar-refractivity contribution is -0.135. The Morgan fingerprint density at radius 3 is 2.85 bits per heavy atom. The van der Waals surface area contributed by atoms with Crippen molar-refractivity contribution in [3.63, 3.8) is 0 Å². The third kappa shape index (κ3) is 4.15. The van der Waals surface area contributed by atoms with Gasteiger partial charge in [0.2, 0.25) is 0 Å². The van der Waals surface area contributed by atoms with Crippen LogP contribution in [0, 0.1) is 0 Å². The molecular formula is C14H17F3N2O. The van der Waals surface area contributed by atoms with Gasteiger partial charge in [0.05, 0.1) is 0 Å². The Morgan fingerprint density at radius 1 is 1.30 bits per heavy atom. The average Bonchev–Trinajstić information content (AvgIpc) is 2.83.